The van der Waals surface area contributed by atoms with Crippen LogP contribution in [0.5, 0.6) is 0 Å². The third-order valence-electron chi connectivity index (χ3n) is 11.5. The Morgan fingerprint density at radius 3 is 1.17 bits per heavy atom. The molecule has 1 amide bonds. The standard InChI is InChI=1S/C48H93NO5/c1-3-5-7-9-11-13-15-17-19-21-23-25-27-29-31-33-35-37-41-52-43-45(44-54-48(51)46-39-40-47(50)49-46)53-42-38-36-34-32-30-28-26-24-22-20-18-16-14-12-10-8-6-4-2/h45-46H,3-44H2,1-2H3,(H,49,50). The Bertz CT molecular complexity index is 791. The number of nitrogens with one attached hydrogen (secondary N) is 1. The van der Waals surface area contributed by atoms with Gasteiger partial charge in [-0.3, -0.25) is 4.79 Å². The molecule has 1 saturated heterocycles. The molecule has 0 aliphatic carbocycles. The molecule has 2 atom stereocenters. The van der Waals surface area contributed by atoms with Crippen molar-refractivity contribution in [3.05, 3.63) is 0 Å². The molecule has 0 spiro atoms. The summed E-state index contributed by atoms with van der Waals surface area (Å²) in [5, 5.41) is 2.71. The number of rotatable bonds is 44. The minimum absolute atomic E-state index is 0.0773. The van der Waals surface area contributed by atoms with Gasteiger partial charge < -0.3 is 19.5 Å². The number of amides is 1. The van der Waals surface area contributed by atoms with Crippen LogP contribution in [0.3, 0.4) is 0 Å². The van der Waals surface area contributed by atoms with Gasteiger partial charge in [-0.2, -0.15) is 0 Å². The highest BCUT2D eigenvalue weighted by molar-refractivity contribution is 5.88. The molecule has 2 unspecified atom stereocenters. The van der Waals surface area contributed by atoms with Crippen molar-refractivity contribution in [2.24, 2.45) is 0 Å². The van der Waals surface area contributed by atoms with Crippen LogP contribution in [0.2, 0.25) is 0 Å². The molecule has 0 aromatic carbocycles. The van der Waals surface area contributed by atoms with Crippen molar-refractivity contribution < 1.29 is 23.8 Å². The summed E-state index contributed by atoms with van der Waals surface area (Å²) in [7, 11) is 0. The maximum absolute atomic E-state index is 12.5. The zero-order valence-electron chi connectivity index (χ0n) is 36.4. The summed E-state index contributed by atoms with van der Waals surface area (Å²) in [6, 6.07) is -0.520. The largest absolute Gasteiger partial charge is 0.461 e. The zero-order chi connectivity index (χ0) is 38.8. The lowest BCUT2D eigenvalue weighted by atomic mass is 10.0. The molecular formula is C48H93NO5. The summed E-state index contributed by atoms with van der Waals surface area (Å²) < 4.78 is 17.7. The van der Waals surface area contributed by atoms with Gasteiger partial charge in [0.25, 0.3) is 0 Å². The van der Waals surface area contributed by atoms with Crippen molar-refractivity contribution >= 4 is 11.9 Å². The number of hydrogen-bond acceptors (Lipinski definition) is 5. The Labute approximate surface area is 336 Å². The van der Waals surface area contributed by atoms with Gasteiger partial charge >= 0.3 is 5.97 Å². The van der Waals surface area contributed by atoms with Gasteiger partial charge in [-0.25, -0.2) is 4.79 Å². The van der Waals surface area contributed by atoms with Gasteiger partial charge in [-0.1, -0.05) is 232 Å². The molecule has 1 N–H and O–H groups in total. The van der Waals surface area contributed by atoms with E-state index in [4.69, 9.17) is 14.2 Å². The van der Waals surface area contributed by atoms with Crippen molar-refractivity contribution in [3.63, 3.8) is 0 Å². The van der Waals surface area contributed by atoms with Gasteiger partial charge in [0, 0.05) is 19.6 Å². The summed E-state index contributed by atoms with van der Waals surface area (Å²) in [6.07, 6.45) is 49.9. The van der Waals surface area contributed by atoms with Gasteiger partial charge in [0.2, 0.25) is 5.91 Å². The van der Waals surface area contributed by atoms with Gasteiger partial charge in [0.15, 0.2) is 0 Å². The van der Waals surface area contributed by atoms with Gasteiger partial charge in [0.05, 0.1) is 6.61 Å². The number of esters is 1. The quantitative estimate of drug-likeness (QED) is 0.0494. The Kier molecular flexibility index (Phi) is 39.1. The highest BCUT2D eigenvalue weighted by Crippen LogP contribution is 2.17. The Morgan fingerprint density at radius 1 is 0.500 bits per heavy atom. The Hall–Kier alpha value is -1.14. The van der Waals surface area contributed by atoms with Crippen LogP contribution >= 0.6 is 0 Å². The second-order valence-corrected chi connectivity index (χ2v) is 16.9. The van der Waals surface area contributed by atoms with Crippen molar-refractivity contribution in [1.82, 2.24) is 5.32 Å². The smallest absolute Gasteiger partial charge is 0.328 e. The Balaban J connectivity index is 2.01. The maximum Gasteiger partial charge on any atom is 0.328 e. The Morgan fingerprint density at radius 2 is 0.833 bits per heavy atom. The molecule has 1 rings (SSSR count). The van der Waals surface area contributed by atoms with E-state index in [1.54, 1.807) is 0 Å². The molecule has 0 bridgehead atoms. The number of carbonyl (C=O) groups is 2. The van der Waals surface area contributed by atoms with E-state index in [-0.39, 0.29) is 24.6 Å². The predicted octanol–water partition coefficient (Wildman–Crippen LogP) is 14.3. The fourth-order valence-corrected chi connectivity index (χ4v) is 7.79. The van der Waals surface area contributed by atoms with Crippen LogP contribution in [0.15, 0.2) is 0 Å². The molecule has 6 heteroatoms. The second-order valence-electron chi connectivity index (χ2n) is 16.9. The summed E-state index contributed by atoms with van der Waals surface area (Å²) in [5.41, 5.74) is 0. The van der Waals surface area contributed by atoms with E-state index in [0.29, 0.717) is 26.1 Å². The number of hydrogen-bond donors (Lipinski definition) is 1. The molecule has 1 heterocycles. The first-order valence-electron chi connectivity index (χ1n) is 24.3. The molecule has 1 aliphatic heterocycles. The normalized spacial score (nSPS) is 14.9. The van der Waals surface area contributed by atoms with Crippen molar-refractivity contribution in [3.8, 4) is 0 Å². The molecule has 0 aromatic heterocycles. The van der Waals surface area contributed by atoms with E-state index < -0.39 is 6.04 Å². The van der Waals surface area contributed by atoms with E-state index in [1.165, 1.54) is 218 Å². The van der Waals surface area contributed by atoms with Crippen LogP contribution in [-0.2, 0) is 23.8 Å². The van der Waals surface area contributed by atoms with Crippen molar-refractivity contribution in [2.75, 3.05) is 26.4 Å². The summed E-state index contributed by atoms with van der Waals surface area (Å²) in [6.45, 7) is 6.61. The lowest BCUT2D eigenvalue weighted by Gasteiger charge is -2.19. The van der Waals surface area contributed by atoms with Crippen LogP contribution in [0, 0.1) is 0 Å². The van der Waals surface area contributed by atoms with E-state index in [9.17, 15) is 9.59 Å². The van der Waals surface area contributed by atoms with E-state index in [1.807, 2.05) is 0 Å². The van der Waals surface area contributed by atoms with Crippen molar-refractivity contribution in [1.29, 1.82) is 0 Å². The van der Waals surface area contributed by atoms with Crippen LogP contribution in [0.1, 0.15) is 258 Å². The summed E-state index contributed by atoms with van der Waals surface area (Å²) >= 11 is 0. The van der Waals surface area contributed by atoms with E-state index in [0.717, 1.165) is 19.4 Å². The number of carbonyl (C=O) groups excluding carboxylic acids is 2. The highest BCUT2D eigenvalue weighted by atomic mass is 16.6. The third-order valence-corrected chi connectivity index (χ3v) is 11.5. The highest BCUT2D eigenvalue weighted by Gasteiger charge is 2.29. The predicted molar refractivity (Wildman–Crippen MR) is 230 cm³/mol. The first-order chi connectivity index (χ1) is 26.7. The molecule has 0 radical (unpaired) electrons. The van der Waals surface area contributed by atoms with Gasteiger partial charge in [-0.05, 0) is 19.3 Å². The zero-order valence-corrected chi connectivity index (χ0v) is 36.4. The molecule has 0 aromatic rings. The first-order valence-corrected chi connectivity index (χ1v) is 24.3. The van der Waals surface area contributed by atoms with Gasteiger partial charge in [-0.15, -0.1) is 0 Å². The molecule has 6 nitrogen and oxygen atoms in total. The minimum atomic E-state index is -0.520. The molecule has 1 aliphatic rings. The van der Waals surface area contributed by atoms with Crippen molar-refractivity contribution in [2.45, 2.75) is 270 Å². The summed E-state index contributed by atoms with van der Waals surface area (Å²) in [4.78, 5) is 24.0. The molecule has 320 valence electrons. The molecule has 0 saturated carbocycles. The van der Waals surface area contributed by atoms with Crippen LogP contribution < -0.4 is 5.32 Å². The van der Waals surface area contributed by atoms with Crippen LogP contribution in [0.25, 0.3) is 0 Å². The summed E-state index contributed by atoms with van der Waals surface area (Å²) in [5.74, 6) is -0.433. The SMILES string of the molecule is CCCCCCCCCCCCCCCCCCCCOCC(COC(=O)C1CCC(=O)N1)OCCCCCCCCCCCCCCCCCCCC. The van der Waals surface area contributed by atoms with Gasteiger partial charge in [0.1, 0.15) is 18.8 Å². The van der Waals surface area contributed by atoms with Crippen LogP contribution in [0.4, 0.5) is 0 Å². The second kappa shape index (κ2) is 41.5. The lowest BCUT2D eigenvalue weighted by molar-refractivity contribution is -0.152. The molecular weight excluding hydrogens is 671 g/mol. The fraction of sp³-hybridized carbons (Fsp3) is 0.958. The fourth-order valence-electron chi connectivity index (χ4n) is 7.79. The lowest BCUT2D eigenvalue weighted by Crippen LogP contribution is -2.37. The molecule has 1 fully saturated rings. The van der Waals surface area contributed by atoms with E-state index >= 15 is 0 Å². The molecule has 54 heavy (non-hydrogen) atoms. The topological polar surface area (TPSA) is 73.9 Å². The van der Waals surface area contributed by atoms with Crippen LogP contribution in [-0.4, -0.2) is 50.4 Å². The maximum atomic E-state index is 12.5. The monoisotopic (exact) mass is 764 g/mol. The third kappa shape index (κ3) is 35.3. The van der Waals surface area contributed by atoms with E-state index in [2.05, 4.69) is 19.2 Å². The average Bonchev–Trinajstić information content (AvgIpc) is 3.62. The number of unbranched alkanes of at least 4 members (excludes halogenated alkanes) is 34. The first kappa shape index (κ1) is 50.9. The minimum Gasteiger partial charge on any atom is -0.461 e. The number of ether oxygens (including phenoxy) is 3. The average molecular weight is 764 g/mol.